The standard InChI is InChI=1S/C16H33NO7/c1-15(18)16(2)24-14-13-23-12-11-22-10-9-21-8-7-20-6-5-19-4-3-17/h16H,3-14,17H2,1-2H3/t16-/m0/s1. The molecule has 0 spiro atoms. The summed E-state index contributed by atoms with van der Waals surface area (Å²) >= 11 is 0. The molecule has 1 atom stereocenters. The van der Waals surface area contributed by atoms with Crippen molar-refractivity contribution in [2.75, 3.05) is 79.2 Å². The van der Waals surface area contributed by atoms with Gasteiger partial charge in [0.15, 0.2) is 5.78 Å². The molecule has 8 heteroatoms. The second kappa shape index (κ2) is 18.7. The molecule has 0 aromatic heterocycles. The van der Waals surface area contributed by atoms with Gasteiger partial charge in [-0.25, -0.2) is 0 Å². The maximum Gasteiger partial charge on any atom is 0.158 e. The van der Waals surface area contributed by atoms with Crippen LogP contribution in [-0.4, -0.2) is 91.1 Å². The van der Waals surface area contributed by atoms with Gasteiger partial charge in [0, 0.05) is 6.54 Å². The van der Waals surface area contributed by atoms with E-state index in [9.17, 15) is 4.79 Å². The van der Waals surface area contributed by atoms with Gasteiger partial charge in [-0.15, -0.1) is 0 Å². The molecule has 2 N–H and O–H groups in total. The van der Waals surface area contributed by atoms with Crippen molar-refractivity contribution in [3.63, 3.8) is 0 Å². The van der Waals surface area contributed by atoms with Crippen LogP contribution >= 0.6 is 0 Å². The van der Waals surface area contributed by atoms with Crippen molar-refractivity contribution in [2.45, 2.75) is 20.0 Å². The maximum absolute atomic E-state index is 10.9. The molecule has 144 valence electrons. The van der Waals surface area contributed by atoms with Crippen molar-refractivity contribution in [3.05, 3.63) is 0 Å². The SMILES string of the molecule is CC(=O)[C@H](C)OCCOCCOCCOCCOCCOCCN. The van der Waals surface area contributed by atoms with Crippen molar-refractivity contribution < 1.29 is 33.2 Å². The Morgan fingerprint density at radius 1 is 0.708 bits per heavy atom. The van der Waals surface area contributed by atoms with Gasteiger partial charge in [0.25, 0.3) is 0 Å². The fourth-order valence-corrected chi connectivity index (χ4v) is 1.47. The molecule has 0 unspecified atom stereocenters. The van der Waals surface area contributed by atoms with Crippen molar-refractivity contribution in [1.29, 1.82) is 0 Å². The van der Waals surface area contributed by atoms with Crippen LogP contribution < -0.4 is 5.73 Å². The number of carbonyl (C=O) groups excluding carboxylic acids is 1. The Balaban J connectivity index is 3.04. The number of hydrogen-bond donors (Lipinski definition) is 1. The number of carbonyl (C=O) groups is 1. The lowest BCUT2D eigenvalue weighted by Gasteiger charge is -2.10. The monoisotopic (exact) mass is 351 g/mol. The van der Waals surface area contributed by atoms with Crippen LogP contribution in [0.1, 0.15) is 13.8 Å². The Hall–Kier alpha value is -0.610. The lowest BCUT2D eigenvalue weighted by molar-refractivity contribution is -0.128. The molecule has 0 aromatic carbocycles. The Morgan fingerprint density at radius 2 is 1.04 bits per heavy atom. The van der Waals surface area contributed by atoms with Gasteiger partial charge >= 0.3 is 0 Å². The summed E-state index contributed by atoms with van der Waals surface area (Å²) in [7, 11) is 0. The molecule has 0 amide bonds. The van der Waals surface area contributed by atoms with Crippen LogP contribution in [0.15, 0.2) is 0 Å². The Kier molecular flexibility index (Phi) is 18.2. The number of ether oxygens (including phenoxy) is 6. The molecule has 0 bridgehead atoms. The topological polar surface area (TPSA) is 98.5 Å². The lowest BCUT2D eigenvalue weighted by atomic mass is 10.3. The van der Waals surface area contributed by atoms with Gasteiger partial charge in [-0.1, -0.05) is 0 Å². The van der Waals surface area contributed by atoms with E-state index in [1.807, 2.05) is 0 Å². The largest absolute Gasteiger partial charge is 0.378 e. The maximum atomic E-state index is 10.9. The summed E-state index contributed by atoms with van der Waals surface area (Å²) in [6.07, 6.45) is -0.371. The quantitative estimate of drug-likeness (QED) is 0.325. The van der Waals surface area contributed by atoms with Crippen molar-refractivity contribution in [3.8, 4) is 0 Å². The van der Waals surface area contributed by atoms with Crippen LogP contribution in [0.3, 0.4) is 0 Å². The van der Waals surface area contributed by atoms with E-state index in [4.69, 9.17) is 34.2 Å². The van der Waals surface area contributed by atoms with Crippen LogP contribution in [0.25, 0.3) is 0 Å². The van der Waals surface area contributed by atoms with Gasteiger partial charge in [0.05, 0.1) is 72.7 Å². The van der Waals surface area contributed by atoms with Crippen molar-refractivity contribution in [1.82, 2.24) is 0 Å². The fraction of sp³-hybridized carbons (Fsp3) is 0.938. The molecule has 0 aromatic rings. The van der Waals surface area contributed by atoms with Gasteiger partial charge in [0.2, 0.25) is 0 Å². The smallest absolute Gasteiger partial charge is 0.158 e. The zero-order chi connectivity index (χ0) is 17.9. The first-order chi connectivity index (χ1) is 11.7. The minimum atomic E-state index is -0.371. The Bertz CT molecular complexity index is 279. The first-order valence-corrected chi connectivity index (χ1v) is 8.39. The van der Waals surface area contributed by atoms with Gasteiger partial charge in [0.1, 0.15) is 6.10 Å². The number of nitrogens with two attached hydrogens (primary N) is 1. The van der Waals surface area contributed by atoms with Crippen LogP contribution in [0.2, 0.25) is 0 Å². The first-order valence-electron chi connectivity index (χ1n) is 8.39. The third-order valence-electron chi connectivity index (χ3n) is 2.92. The van der Waals surface area contributed by atoms with Crippen LogP contribution in [0.4, 0.5) is 0 Å². The summed E-state index contributed by atoms with van der Waals surface area (Å²) < 4.78 is 31.8. The molecule has 8 nitrogen and oxygen atoms in total. The normalized spacial score (nSPS) is 12.5. The number of hydrogen-bond acceptors (Lipinski definition) is 8. The highest BCUT2D eigenvalue weighted by molar-refractivity contribution is 5.79. The number of ketones is 1. The predicted octanol–water partition coefficient (Wildman–Crippen LogP) is 0.0222. The third-order valence-corrected chi connectivity index (χ3v) is 2.92. The highest BCUT2D eigenvalue weighted by atomic mass is 16.6. The second-order valence-corrected chi connectivity index (χ2v) is 4.97. The zero-order valence-electron chi connectivity index (χ0n) is 15.0. The highest BCUT2D eigenvalue weighted by Gasteiger charge is 2.06. The van der Waals surface area contributed by atoms with Crippen LogP contribution in [-0.2, 0) is 33.2 Å². The van der Waals surface area contributed by atoms with Gasteiger partial charge in [-0.2, -0.15) is 0 Å². The fourth-order valence-electron chi connectivity index (χ4n) is 1.47. The van der Waals surface area contributed by atoms with E-state index in [-0.39, 0.29) is 11.9 Å². The van der Waals surface area contributed by atoms with Gasteiger partial charge in [-0.05, 0) is 13.8 Å². The molecule has 0 aliphatic rings. The summed E-state index contributed by atoms with van der Waals surface area (Å²) in [6, 6.07) is 0. The summed E-state index contributed by atoms with van der Waals surface area (Å²) in [5, 5.41) is 0. The molecular formula is C16H33NO7. The third kappa shape index (κ3) is 17.7. The van der Waals surface area contributed by atoms with E-state index in [1.54, 1.807) is 6.92 Å². The molecule has 0 saturated heterocycles. The van der Waals surface area contributed by atoms with Crippen molar-refractivity contribution in [2.24, 2.45) is 5.73 Å². The molecule has 0 fully saturated rings. The number of Topliss-reactive ketones (excluding diaryl/α,β-unsaturated/α-hetero) is 1. The summed E-state index contributed by atoms with van der Waals surface area (Å²) in [4.78, 5) is 10.9. The molecule has 0 rings (SSSR count). The molecule has 0 aliphatic carbocycles. The van der Waals surface area contributed by atoms with E-state index in [0.717, 1.165) is 0 Å². The van der Waals surface area contributed by atoms with Gasteiger partial charge < -0.3 is 34.2 Å². The average molecular weight is 351 g/mol. The van der Waals surface area contributed by atoms with E-state index >= 15 is 0 Å². The van der Waals surface area contributed by atoms with E-state index in [2.05, 4.69) is 0 Å². The van der Waals surface area contributed by atoms with Crippen molar-refractivity contribution >= 4 is 5.78 Å². The molecule has 0 saturated carbocycles. The minimum absolute atomic E-state index is 0.0173. The second-order valence-electron chi connectivity index (χ2n) is 4.97. The average Bonchev–Trinajstić information content (AvgIpc) is 2.57. The molecule has 0 heterocycles. The lowest BCUT2D eigenvalue weighted by Crippen LogP contribution is -2.20. The zero-order valence-corrected chi connectivity index (χ0v) is 15.0. The summed E-state index contributed by atoms with van der Waals surface area (Å²) in [6.45, 7) is 9.37. The molecular weight excluding hydrogens is 318 g/mol. The molecule has 0 radical (unpaired) electrons. The Morgan fingerprint density at radius 3 is 1.38 bits per heavy atom. The van der Waals surface area contributed by atoms with E-state index in [1.165, 1.54) is 6.92 Å². The first kappa shape index (κ1) is 23.4. The number of rotatable bonds is 19. The molecule has 0 aliphatic heterocycles. The van der Waals surface area contributed by atoms with Crippen LogP contribution in [0, 0.1) is 0 Å². The minimum Gasteiger partial charge on any atom is -0.378 e. The summed E-state index contributed by atoms with van der Waals surface area (Å²) in [5.41, 5.74) is 5.29. The Labute approximate surface area is 144 Å². The predicted molar refractivity (Wildman–Crippen MR) is 89.2 cm³/mol. The highest BCUT2D eigenvalue weighted by Crippen LogP contribution is 1.92. The van der Waals surface area contributed by atoms with Gasteiger partial charge in [-0.3, -0.25) is 4.79 Å². The van der Waals surface area contributed by atoms with Crippen LogP contribution in [0.5, 0.6) is 0 Å². The summed E-state index contributed by atoms with van der Waals surface area (Å²) in [5.74, 6) is 0.0173. The molecule has 24 heavy (non-hydrogen) atoms. The van der Waals surface area contributed by atoms with E-state index in [0.29, 0.717) is 79.2 Å². The van der Waals surface area contributed by atoms with E-state index < -0.39 is 0 Å².